The van der Waals surface area contributed by atoms with Crippen LogP contribution in [0.15, 0.2) is 76.5 Å². The third-order valence-electron chi connectivity index (χ3n) is 4.42. The molecule has 174 valence electrons. The number of nitro groups is 1. The average molecular weight is 509 g/mol. The number of ether oxygens (including phenoxy) is 1. The number of alkyl halides is 3. The van der Waals surface area contributed by atoms with Gasteiger partial charge in [-0.15, -0.1) is 0 Å². The van der Waals surface area contributed by atoms with Gasteiger partial charge in [0.25, 0.3) is 5.69 Å². The molecule has 0 saturated carbocycles. The fourth-order valence-corrected chi connectivity index (χ4v) is 4.02. The second-order valence-electron chi connectivity index (χ2n) is 6.68. The van der Waals surface area contributed by atoms with Gasteiger partial charge in [0.1, 0.15) is 22.5 Å². The van der Waals surface area contributed by atoms with E-state index in [0.29, 0.717) is 0 Å². The van der Waals surface area contributed by atoms with Gasteiger partial charge in [0.15, 0.2) is 0 Å². The molecule has 0 saturated heterocycles. The fourth-order valence-electron chi connectivity index (χ4n) is 2.75. The maximum absolute atomic E-state index is 12.9. The van der Waals surface area contributed by atoms with E-state index in [1.165, 1.54) is 24.3 Å². The van der Waals surface area contributed by atoms with Crippen molar-refractivity contribution in [3.05, 3.63) is 97.9 Å². The molecule has 0 N–H and O–H groups in total. The number of nitrogens with zero attached hydrogens (tertiary/aromatic N) is 2. The number of benzene rings is 3. The van der Waals surface area contributed by atoms with E-state index in [4.69, 9.17) is 16.3 Å². The molecule has 0 atom stereocenters. The number of non-ortho nitro benzene ring substituents is 1. The van der Waals surface area contributed by atoms with Gasteiger partial charge in [-0.25, -0.2) is 8.42 Å². The summed E-state index contributed by atoms with van der Waals surface area (Å²) in [7, 11) is -4.32. The molecule has 0 aliphatic heterocycles. The zero-order chi connectivity index (χ0) is 25.1. The molecular weight excluding hydrogens is 497 g/mol. The van der Waals surface area contributed by atoms with Crippen molar-refractivity contribution in [1.29, 1.82) is 5.26 Å². The second kappa shape index (κ2) is 9.54. The molecule has 3 rings (SSSR count). The van der Waals surface area contributed by atoms with Crippen LogP contribution in [0.5, 0.6) is 11.5 Å². The molecular formula is C22H12ClF3N2O5S. The summed E-state index contributed by atoms with van der Waals surface area (Å²) in [5, 5.41) is 21.0. The standard InChI is InChI=1S/C22H12ClF3N2O5S/c23-16-3-8-19(9-4-16)34(31,32)20(13-27)12-14-11-17(28(29)30)5-10-21(14)33-18-6-1-15(2-7-18)22(24,25)26/h1-12H/b20-12+. The average Bonchev–Trinajstić information content (AvgIpc) is 2.78. The van der Waals surface area contributed by atoms with Gasteiger partial charge in [-0.3, -0.25) is 10.1 Å². The minimum atomic E-state index is -4.56. The first-order valence-corrected chi connectivity index (χ1v) is 11.0. The topological polar surface area (TPSA) is 110 Å². The molecule has 3 aromatic rings. The maximum Gasteiger partial charge on any atom is 0.416 e. The summed E-state index contributed by atoms with van der Waals surface area (Å²) in [5.74, 6) is -0.167. The number of hydrogen-bond donors (Lipinski definition) is 0. The van der Waals surface area contributed by atoms with Crippen molar-refractivity contribution in [2.75, 3.05) is 0 Å². The van der Waals surface area contributed by atoms with Crippen LogP contribution in [0.2, 0.25) is 5.02 Å². The Morgan fingerprint density at radius 3 is 2.21 bits per heavy atom. The SMILES string of the molecule is N#C/C(=C\c1cc([N+](=O)[O-])ccc1Oc1ccc(C(F)(F)F)cc1)S(=O)(=O)c1ccc(Cl)cc1. The molecule has 0 amide bonds. The number of rotatable bonds is 6. The zero-order valence-electron chi connectivity index (χ0n) is 16.8. The van der Waals surface area contributed by atoms with Crippen LogP contribution in [0, 0.1) is 21.4 Å². The highest BCUT2D eigenvalue weighted by Crippen LogP contribution is 2.34. The largest absolute Gasteiger partial charge is 0.457 e. The van der Waals surface area contributed by atoms with Crippen LogP contribution in [-0.4, -0.2) is 13.3 Å². The summed E-state index contributed by atoms with van der Waals surface area (Å²) in [6.07, 6.45) is -3.67. The first kappa shape index (κ1) is 24.8. The molecule has 0 bridgehead atoms. The molecule has 0 spiro atoms. The molecule has 0 aromatic heterocycles. The second-order valence-corrected chi connectivity index (χ2v) is 9.04. The van der Waals surface area contributed by atoms with Crippen LogP contribution in [0.3, 0.4) is 0 Å². The predicted molar refractivity (Wildman–Crippen MR) is 117 cm³/mol. The van der Waals surface area contributed by atoms with Gasteiger partial charge in [-0.05, 0) is 60.7 Å². The zero-order valence-corrected chi connectivity index (χ0v) is 18.4. The summed E-state index contributed by atoms with van der Waals surface area (Å²) in [6, 6.07) is 13.4. The lowest BCUT2D eigenvalue weighted by molar-refractivity contribution is -0.384. The Labute approximate surface area is 196 Å². The number of allylic oxidation sites excluding steroid dienone is 1. The molecule has 7 nitrogen and oxygen atoms in total. The minimum absolute atomic E-state index is 0.0458. The summed E-state index contributed by atoms with van der Waals surface area (Å²) in [4.78, 5) is 9.49. The smallest absolute Gasteiger partial charge is 0.416 e. The molecule has 12 heteroatoms. The van der Waals surface area contributed by atoms with E-state index < -0.39 is 37.1 Å². The van der Waals surface area contributed by atoms with Crippen LogP contribution in [0.1, 0.15) is 11.1 Å². The van der Waals surface area contributed by atoms with Crippen LogP contribution >= 0.6 is 11.6 Å². The number of nitro benzene ring substituents is 1. The van der Waals surface area contributed by atoms with Gasteiger partial charge in [0.05, 0.1) is 15.4 Å². The Balaban J connectivity index is 2.07. The van der Waals surface area contributed by atoms with Crippen molar-refractivity contribution in [1.82, 2.24) is 0 Å². The van der Waals surface area contributed by atoms with Crippen LogP contribution in [0.25, 0.3) is 6.08 Å². The first-order chi connectivity index (χ1) is 15.9. The lowest BCUT2D eigenvalue weighted by Crippen LogP contribution is -2.04. The molecule has 0 aliphatic carbocycles. The fraction of sp³-hybridized carbons (Fsp3) is 0.0455. The molecule has 34 heavy (non-hydrogen) atoms. The van der Waals surface area contributed by atoms with Crippen LogP contribution in [-0.2, 0) is 16.0 Å². The van der Waals surface area contributed by atoms with Gasteiger partial charge >= 0.3 is 6.18 Å². The van der Waals surface area contributed by atoms with E-state index in [-0.39, 0.29) is 27.0 Å². The Kier molecular flexibility index (Phi) is 6.95. The molecule has 0 heterocycles. The third-order valence-corrected chi connectivity index (χ3v) is 6.36. The minimum Gasteiger partial charge on any atom is -0.457 e. The third kappa shape index (κ3) is 5.54. The van der Waals surface area contributed by atoms with E-state index in [9.17, 15) is 37.0 Å². The van der Waals surface area contributed by atoms with Crippen molar-refractivity contribution in [3.8, 4) is 17.6 Å². The van der Waals surface area contributed by atoms with Gasteiger partial charge in [-0.1, -0.05) is 11.6 Å². The van der Waals surface area contributed by atoms with Crippen molar-refractivity contribution in [3.63, 3.8) is 0 Å². The van der Waals surface area contributed by atoms with Gasteiger partial charge < -0.3 is 4.74 Å². The first-order valence-electron chi connectivity index (χ1n) is 9.18. The summed E-state index contributed by atoms with van der Waals surface area (Å²) in [6.45, 7) is 0. The van der Waals surface area contributed by atoms with Crippen molar-refractivity contribution >= 4 is 33.2 Å². The number of halogens is 4. The number of nitriles is 1. The molecule has 0 aliphatic rings. The highest BCUT2D eigenvalue weighted by molar-refractivity contribution is 7.95. The van der Waals surface area contributed by atoms with Crippen LogP contribution < -0.4 is 4.74 Å². The van der Waals surface area contributed by atoms with E-state index in [0.717, 1.165) is 48.5 Å². The molecule has 0 radical (unpaired) electrons. The summed E-state index contributed by atoms with van der Waals surface area (Å²) >= 11 is 5.77. The Morgan fingerprint density at radius 2 is 1.68 bits per heavy atom. The quantitative estimate of drug-likeness (QED) is 0.216. The van der Waals surface area contributed by atoms with E-state index in [1.807, 2.05) is 0 Å². The lowest BCUT2D eigenvalue weighted by atomic mass is 10.1. The van der Waals surface area contributed by atoms with Crippen molar-refractivity contribution in [2.24, 2.45) is 0 Å². The van der Waals surface area contributed by atoms with Crippen molar-refractivity contribution < 1.29 is 31.2 Å². The lowest BCUT2D eigenvalue weighted by Gasteiger charge is -2.11. The Hall–Kier alpha value is -3.88. The predicted octanol–water partition coefficient (Wildman–Crippen LogP) is 6.40. The highest BCUT2D eigenvalue weighted by Gasteiger charge is 2.30. The van der Waals surface area contributed by atoms with E-state index in [2.05, 4.69) is 0 Å². The Bertz CT molecular complexity index is 1410. The van der Waals surface area contributed by atoms with Crippen LogP contribution in [0.4, 0.5) is 18.9 Å². The summed E-state index contributed by atoms with van der Waals surface area (Å²) in [5.41, 5.74) is -1.49. The van der Waals surface area contributed by atoms with E-state index >= 15 is 0 Å². The number of hydrogen-bond acceptors (Lipinski definition) is 6. The molecule has 0 unspecified atom stereocenters. The normalized spacial score (nSPS) is 12.1. The maximum atomic E-state index is 12.9. The monoisotopic (exact) mass is 508 g/mol. The van der Waals surface area contributed by atoms with Gasteiger partial charge in [0, 0.05) is 22.7 Å². The number of sulfone groups is 1. The van der Waals surface area contributed by atoms with Gasteiger partial charge in [-0.2, -0.15) is 18.4 Å². The Morgan fingerprint density at radius 1 is 1.06 bits per heavy atom. The van der Waals surface area contributed by atoms with E-state index in [1.54, 1.807) is 6.07 Å². The highest BCUT2D eigenvalue weighted by atomic mass is 35.5. The molecule has 3 aromatic carbocycles. The summed E-state index contributed by atoms with van der Waals surface area (Å²) < 4.78 is 69.6. The van der Waals surface area contributed by atoms with Gasteiger partial charge in [0.2, 0.25) is 9.84 Å². The van der Waals surface area contributed by atoms with Crippen molar-refractivity contribution in [2.45, 2.75) is 11.1 Å². The molecule has 0 fully saturated rings.